The highest BCUT2D eigenvalue weighted by Crippen LogP contribution is 2.38. The molecule has 18 heavy (non-hydrogen) atoms. The Bertz CT molecular complexity index is 264. The van der Waals surface area contributed by atoms with E-state index in [0.29, 0.717) is 0 Å². The lowest BCUT2D eigenvalue weighted by Gasteiger charge is -2.40. The van der Waals surface area contributed by atoms with Crippen LogP contribution in [-0.4, -0.2) is 30.8 Å². The SMILES string of the molecule is CCN(CC1CCC1)CC1(C=O)CCC(C)CC1. The molecule has 0 amide bonds. The molecule has 2 fully saturated rings. The third-order valence-electron chi connectivity index (χ3n) is 5.25. The minimum atomic E-state index is -0.0216. The van der Waals surface area contributed by atoms with Crippen LogP contribution in [0.5, 0.6) is 0 Å². The normalized spacial score (nSPS) is 33.4. The van der Waals surface area contributed by atoms with Gasteiger partial charge in [0.15, 0.2) is 0 Å². The minimum absolute atomic E-state index is 0.0216. The molecule has 0 aliphatic heterocycles. The van der Waals surface area contributed by atoms with Crippen molar-refractivity contribution in [3.8, 4) is 0 Å². The Labute approximate surface area is 112 Å². The van der Waals surface area contributed by atoms with Crippen LogP contribution in [0.4, 0.5) is 0 Å². The van der Waals surface area contributed by atoms with E-state index in [1.54, 1.807) is 0 Å². The van der Waals surface area contributed by atoms with Gasteiger partial charge < -0.3 is 9.69 Å². The van der Waals surface area contributed by atoms with Crippen LogP contribution in [0.2, 0.25) is 0 Å². The number of nitrogens with zero attached hydrogens (tertiary/aromatic N) is 1. The van der Waals surface area contributed by atoms with Gasteiger partial charge in [-0.05, 0) is 56.9 Å². The van der Waals surface area contributed by atoms with Gasteiger partial charge in [-0.25, -0.2) is 0 Å². The highest BCUT2D eigenvalue weighted by Gasteiger charge is 2.36. The average molecular weight is 251 g/mol. The first-order chi connectivity index (χ1) is 8.67. The summed E-state index contributed by atoms with van der Waals surface area (Å²) in [6, 6.07) is 0. The number of hydrogen-bond donors (Lipinski definition) is 0. The lowest BCUT2D eigenvalue weighted by molar-refractivity contribution is -0.119. The second-order valence-corrected chi connectivity index (χ2v) is 6.79. The van der Waals surface area contributed by atoms with E-state index in [4.69, 9.17) is 0 Å². The molecule has 0 unspecified atom stereocenters. The van der Waals surface area contributed by atoms with Crippen molar-refractivity contribution in [3.05, 3.63) is 0 Å². The Balaban J connectivity index is 1.88. The molecule has 104 valence electrons. The van der Waals surface area contributed by atoms with E-state index in [9.17, 15) is 4.79 Å². The Morgan fingerprint density at radius 2 is 1.89 bits per heavy atom. The fraction of sp³-hybridized carbons (Fsp3) is 0.938. The summed E-state index contributed by atoms with van der Waals surface area (Å²) in [5.74, 6) is 1.73. The van der Waals surface area contributed by atoms with Crippen molar-refractivity contribution in [1.82, 2.24) is 4.90 Å². The van der Waals surface area contributed by atoms with Gasteiger partial charge in [-0.1, -0.05) is 20.3 Å². The topological polar surface area (TPSA) is 20.3 Å². The molecule has 0 aromatic heterocycles. The Morgan fingerprint density at radius 1 is 1.22 bits per heavy atom. The van der Waals surface area contributed by atoms with Gasteiger partial charge in [0.25, 0.3) is 0 Å². The summed E-state index contributed by atoms with van der Waals surface area (Å²) in [5.41, 5.74) is -0.0216. The smallest absolute Gasteiger partial charge is 0.127 e. The molecule has 0 bridgehead atoms. The van der Waals surface area contributed by atoms with Gasteiger partial charge in [0.05, 0.1) is 0 Å². The van der Waals surface area contributed by atoms with Crippen molar-refractivity contribution in [2.45, 2.75) is 58.8 Å². The van der Waals surface area contributed by atoms with Gasteiger partial charge in [-0.15, -0.1) is 0 Å². The number of carbonyl (C=O) groups excluding carboxylic acids is 1. The molecule has 2 aliphatic carbocycles. The maximum absolute atomic E-state index is 11.6. The monoisotopic (exact) mass is 251 g/mol. The average Bonchev–Trinajstić information content (AvgIpc) is 2.35. The molecule has 0 N–H and O–H groups in total. The second kappa shape index (κ2) is 6.18. The first kappa shape index (κ1) is 14.0. The summed E-state index contributed by atoms with van der Waals surface area (Å²) in [4.78, 5) is 14.1. The van der Waals surface area contributed by atoms with Crippen molar-refractivity contribution < 1.29 is 4.79 Å². The number of rotatable bonds is 6. The molecule has 2 aliphatic rings. The predicted octanol–water partition coefficient (Wildman–Crippen LogP) is 3.50. The highest BCUT2D eigenvalue weighted by molar-refractivity contribution is 5.60. The first-order valence-corrected chi connectivity index (χ1v) is 7.86. The van der Waals surface area contributed by atoms with E-state index in [1.165, 1.54) is 44.9 Å². The van der Waals surface area contributed by atoms with Gasteiger partial charge in [-0.3, -0.25) is 0 Å². The fourth-order valence-corrected chi connectivity index (χ4v) is 3.44. The molecule has 0 spiro atoms. The lowest BCUT2D eigenvalue weighted by atomic mass is 9.71. The summed E-state index contributed by atoms with van der Waals surface area (Å²) in [6.45, 7) is 7.89. The van der Waals surface area contributed by atoms with Gasteiger partial charge >= 0.3 is 0 Å². The van der Waals surface area contributed by atoms with E-state index in [-0.39, 0.29) is 5.41 Å². The lowest BCUT2D eigenvalue weighted by Crippen LogP contribution is -2.43. The van der Waals surface area contributed by atoms with Crippen LogP contribution >= 0.6 is 0 Å². The Kier molecular flexibility index (Phi) is 4.83. The van der Waals surface area contributed by atoms with Crippen LogP contribution in [0, 0.1) is 17.3 Å². The van der Waals surface area contributed by atoms with Crippen LogP contribution in [0.25, 0.3) is 0 Å². The molecule has 0 heterocycles. The largest absolute Gasteiger partial charge is 0.303 e. The van der Waals surface area contributed by atoms with Crippen LogP contribution in [0.1, 0.15) is 58.8 Å². The molecule has 0 radical (unpaired) electrons. The summed E-state index contributed by atoms with van der Waals surface area (Å²) >= 11 is 0. The van der Waals surface area contributed by atoms with Crippen LogP contribution in [0.3, 0.4) is 0 Å². The standard InChI is InChI=1S/C16H29NO/c1-3-17(11-15-5-4-6-15)12-16(13-18)9-7-14(2)8-10-16/h13-15H,3-12H2,1-2H3. The number of aldehydes is 1. The van der Waals surface area contributed by atoms with Gasteiger partial charge in [-0.2, -0.15) is 0 Å². The molecule has 0 aromatic rings. The van der Waals surface area contributed by atoms with E-state index in [0.717, 1.165) is 37.8 Å². The molecule has 2 nitrogen and oxygen atoms in total. The minimum Gasteiger partial charge on any atom is -0.303 e. The van der Waals surface area contributed by atoms with Crippen molar-refractivity contribution in [1.29, 1.82) is 0 Å². The van der Waals surface area contributed by atoms with Crippen LogP contribution < -0.4 is 0 Å². The van der Waals surface area contributed by atoms with E-state index in [2.05, 4.69) is 18.7 Å². The molecule has 0 saturated heterocycles. The number of hydrogen-bond acceptors (Lipinski definition) is 2. The summed E-state index contributed by atoms with van der Waals surface area (Å²) < 4.78 is 0. The second-order valence-electron chi connectivity index (χ2n) is 6.79. The first-order valence-electron chi connectivity index (χ1n) is 7.86. The molecule has 2 rings (SSSR count). The third-order valence-corrected chi connectivity index (χ3v) is 5.25. The fourth-order valence-electron chi connectivity index (χ4n) is 3.44. The molecule has 0 atom stereocenters. The zero-order valence-corrected chi connectivity index (χ0v) is 12.2. The van der Waals surface area contributed by atoms with E-state index < -0.39 is 0 Å². The molecular formula is C16H29NO. The molecule has 2 saturated carbocycles. The molecule has 2 heteroatoms. The molecular weight excluding hydrogens is 222 g/mol. The van der Waals surface area contributed by atoms with Crippen LogP contribution in [-0.2, 0) is 4.79 Å². The maximum Gasteiger partial charge on any atom is 0.127 e. The van der Waals surface area contributed by atoms with Crippen molar-refractivity contribution in [3.63, 3.8) is 0 Å². The zero-order valence-electron chi connectivity index (χ0n) is 12.2. The third kappa shape index (κ3) is 3.34. The number of carbonyl (C=O) groups is 1. The van der Waals surface area contributed by atoms with Crippen molar-refractivity contribution >= 4 is 6.29 Å². The maximum atomic E-state index is 11.6. The van der Waals surface area contributed by atoms with E-state index >= 15 is 0 Å². The summed E-state index contributed by atoms with van der Waals surface area (Å²) in [7, 11) is 0. The molecule has 0 aromatic carbocycles. The summed E-state index contributed by atoms with van der Waals surface area (Å²) in [6.07, 6.45) is 10.2. The van der Waals surface area contributed by atoms with Crippen molar-refractivity contribution in [2.75, 3.05) is 19.6 Å². The van der Waals surface area contributed by atoms with Gasteiger partial charge in [0.1, 0.15) is 6.29 Å². The highest BCUT2D eigenvalue weighted by atomic mass is 16.1. The van der Waals surface area contributed by atoms with Crippen molar-refractivity contribution in [2.24, 2.45) is 17.3 Å². The van der Waals surface area contributed by atoms with Gasteiger partial charge in [0.2, 0.25) is 0 Å². The Morgan fingerprint density at radius 3 is 2.33 bits per heavy atom. The predicted molar refractivity (Wildman–Crippen MR) is 75.6 cm³/mol. The van der Waals surface area contributed by atoms with Crippen LogP contribution in [0.15, 0.2) is 0 Å². The Hall–Kier alpha value is -0.370. The van der Waals surface area contributed by atoms with Gasteiger partial charge in [0, 0.05) is 18.5 Å². The quantitative estimate of drug-likeness (QED) is 0.673. The zero-order chi connectivity index (χ0) is 13.0. The van der Waals surface area contributed by atoms with E-state index in [1.807, 2.05) is 0 Å². The summed E-state index contributed by atoms with van der Waals surface area (Å²) in [5, 5.41) is 0.